The van der Waals surface area contributed by atoms with Crippen LogP contribution in [0.25, 0.3) is 0 Å². The quantitative estimate of drug-likeness (QED) is 0.722. The highest BCUT2D eigenvalue weighted by Gasteiger charge is 2.28. The van der Waals surface area contributed by atoms with Crippen LogP contribution in [0.2, 0.25) is 0 Å². The van der Waals surface area contributed by atoms with E-state index in [9.17, 15) is 8.42 Å². The summed E-state index contributed by atoms with van der Waals surface area (Å²) in [7, 11) is -2.05. The molecule has 1 heterocycles. The molecule has 1 unspecified atom stereocenters. The van der Waals surface area contributed by atoms with Gasteiger partial charge in [-0.15, -0.1) is 11.6 Å². The van der Waals surface area contributed by atoms with Gasteiger partial charge in [-0.3, -0.25) is 0 Å². The highest BCUT2D eigenvalue weighted by molar-refractivity contribution is 7.89. The summed E-state index contributed by atoms with van der Waals surface area (Å²) >= 11 is 5.66. The Hall–Kier alpha value is -0.690. The van der Waals surface area contributed by atoms with E-state index in [1.165, 1.54) is 16.6 Å². The number of likely N-dealkylation sites (N-methyl/N-ethyl adjacent to an activating group) is 1. The number of methoxy groups -OCH3 is 1. The van der Waals surface area contributed by atoms with Crippen molar-refractivity contribution in [3.05, 3.63) is 23.9 Å². The van der Waals surface area contributed by atoms with E-state index in [1.807, 2.05) is 0 Å². The molecule has 0 aliphatic carbocycles. The van der Waals surface area contributed by atoms with Gasteiger partial charge in [0, 0.05) is 31.8 Å². The van der Waals surface area contributed by atoms with E-state index in [0.29, 0.717) is 19.0 Å². The molecule has 19 heavy (non-hydrogen) atoms. The van der Waals surface area contributed by atoms with Crippen LogP contribution in [0, 0.1) is 0 Å². The Balaban J connectivity index is 3.05. The molecular formula is C12H19ClN2O3S. The van der Waals surface area contributed by atoms with E-state index in [-0.39, 0.29) is 11.1 Å². The van der Waals surface area contributed by atoms with Gasteiger partial charge in [-0.05, 0) is 18.6 Å². The molecule has 0 fully saturated rings. The molecule has 1 rings (SSSR count). The number of pyridine rings is 1. The van der Waals surface area contributed by atoms with Crippen molar-refractivity contribution in [3.8, 4) is 0 Å². The van der Waals surface area contributed by atoms with Gasteiger partial charge in [0.25, 0.3) is 10.0 Å². The normalized spacial score (nSPS) is 13.7. The summed E-state index contributed by atoms with van der Waals surface area (Å²) in [5.41, 5.74) is 0.786. The Bertz CT molecular complexity index is 490. The van der Waals surface area contributed by atoms with Gasteiger partial charge >= 0.3 is 0 Å². The topological polar surface area (TPSA) is 59.5 Å². The van der Waals surface area contributed by atoms with Crippen LogP contribution < -0.4 is 0 Å². The van der Waals surface area contributed by atoms with Crippen molar-refractivity contribution in [1.82, 2.24) is 9.29 Å². The van der Waals surface area contributed by atoms with E-state index >= 15 is 0 Å². The fraction of sp³-hybridized carbons (Fsp3) is 0.583. The first-order valence-electron chi connectivity index (χ1n) is 5.99. The second kappa shape index (κ2) is 7.19. The SMILES string of the molecule is CCN(C(C)COC)S(=O)(=O)c1ccc(CCl)cn1. The summed E-state index contributed by atoms with van der Waals surface area (Å²) in [6, 6.07) is 2.91. The number of hydrogen-bond donors (Lipinski definition) is 0. The fourth-order valence-electron chi connectivity index (χ4n) is 1.81. The largest absolute Gasteiger partial charge is 0.383 e. The summed E-state index contributed by atoms with van der Waals surface area (Å²) in [5, 5.41) is 0.0335. The van der Waals surface area contributed by atoms with Crippen LogP contribution in [0.5, 0.6) is 0 Å². The van der Waals surface area contributed by atoms with E-state index in [4.69, 9.17) is 16.3 Å². The molecule has 1 atom stereocenters. The average Bonchev–Trinajstić information content (AvgIpc) is 2.39. The number of rotatable bonds is 7. The molecular weight excluding hydrogens is 288 g/mol. The van der Waals surface area contributed by atoms with Crippen molar-refractivity contribution < 1.29 is 13.2 Å². The molecule has 0 aliphatic rings. The number of halogens is 1. The zero-order valence-corrected chi connectivity index (χ0v) is 12.9. The second-order valence-electron chi connectivity index (χ2n) is 4.15. The minimum absolute atomic E-state index is 0.0335. The lowest BCUT2D eigenvalue weighted by Crippen LogP contribution is -2.41. The predicted octanol–water partition coefficient (Wildman–Crippen LogP) is 1.87. The first kappa shape index (κ1) is 16.4. The number of nitrogens with zero attached hydrogens (tertiary/aromatic N) is 2. The van der Waals surface area contributed by atoms with Crippen LogP contribution in [0.4, 0.5) is 0 Å². The van der Waals surface area contributed by atoms with Gasteiger partial charge in [0.05, 0.1) is 6.61 Å². The minimum atomic E-state index is -3.60. The van der Waals surface area contributed by atoms with Crippen molar-refractivity contribution in [2.75, 3.05) is 20.3 Å². The third kappa shape index (κ3) is 3.89. The smallest absolute Gasteiger partial charge is 0.260 e. The highest BCUT2D eigenvalue weighted by atomic mass is 35.5. The summed E-state index contributed by atoms with van der Waals surface area (Å²) in [5.74, 6) is 0.310. The molecule has 0 aromatic carbocycles. The van der Waals surface area contributed by atoms with Gasteiger partial charge in [0.1, 0.15) is 0 Å². The van der Waals surface area contributed by atoms with Crippen LogP contribution >= 0.6 is 11.6 Å². The lowest BCUT2D eigenvalue weighted by atomic mass is 10.3. The number of ether oxygens (including phenoxy) is 1. The van der Waals surface area contributed by atoms with Crippen LogP contribution in [0.15, 0.2) is 23.4 Å². The third-order valence-electron chi connectivity index (χ3n) is 2.74. The molecule has 7 heteroatoms. The molecule has 0 amide bonds. The Morgan fingerprint density at radius 2 is 2.16 bits per heavy atom. The molecule has 1 aromatic rings. The molecule has 0 bridgehead atoms. The number of sulfonamides is 1. The first-order chi connectivity index (χ1) is 8.97. The van der Waals surface area contributed by atoms with Crippen LogP contribution in [-0.2, 0) is 20.6 Å². The second-order valence-corrected chi connectivity index (χ2v) is 6.26. The third-order valence-corrected chi connectivity index (χ3v) is 5.05. The molecule has 5 nitrogen and oxygen atoms in total. The Kier molecular flexibility index (Phi) is 6.19. The Morgan fingerprint density at radius 3 is 2.58 bits per heavy atom. The van der Waals surface area contributed by atoms with Crippen molar-refractivity contribution in [3.63, 3.8) is 0 Å². The van der Waals surface area contributed by atoms with Gasteiger partial charge in [-0.25, -0.2) is 13.4 Å². The minimum Gasteiger partial charge on any atom is -0.383 e. The van der Waals surface area contributed by atoms with Crippen LogP contribution in [0.1, 0.15) is 19.4 Å². The molecule has 0 spiro atoms. The average molecular weight is 307 g/mol. The molecule has 108 valence electrons. The zero-order chi connectivity index (χ0) is 14.5. The molecule has 0 radical (unpaired) electrons. The zero-order valence-electron chi connectivity index (χ0n) is 11.3. The van der Waals surface area contributed by atoms with Crippen molar-refractivity contribution >= 4 is 21.6 Å². The lowest BCUT2D eigenvalue weighted by Gasteiger charge is -2.26. The van der Waals surface area contributed by atoms with E-state index in [1.54, 1.807) is 27.0 Å². The van der Waals surface area contributed by atoms with Gasteiger partial charge in [-0.2, -0.15) is 4.31 Å². The Labute approximate surface area is 119 Å². The van der Waals surface area contributed by atoms with Gasteiger partial charge in [0.2, 0.25) is 0 Å². The lowest BCUT2D eigenvalue weighted by molar-refractivity contribution is 0.142. The molecule has 1 aromatic heterocycles. The predicted molar refractivity (Wildman–Crippen MR) is 74.7 cm³/mol. The van der Waals surface area contributed by atoms with Gasteiger partial charge in [0.15, 0.2) is 5.03 Å². The van der Waals surface area contributed by atoms with Crippen molar-refractivity contribution in [1.29, 1.82) is 0 Å². The van der Waals surface area contributed by atoms with E-state index < -0.39 is 10.0 Å². The number of hydrogen-bond acceptors (Lipinski definition) is 4. The van der Waals surface area contributed by atoms with Crippen LogP contribution in [0.3, 0.4) is 0 Å². The van der Waals surface area contributed by atoms with Gasteiger partial charge < -0.3 is 4.74 Å². The maximum absolute atomic E-state index is 12.5. The molecule has 0 aliphatic heterocycles. The Morgan fingerprint density at radius 1 is 1.47 bits per heavy atom. The van der Waals surface area contributed by atoms with Crippen LogP contribution in [-0.4, -0.2) is 44.0 Å². The summed E-state index contributed by atoms with van der Waals surface area (Å²) in [4.78, 5) is 3.98. The summed E-state index contributed by atoms with van der Waals surface area (Å²) in [6.45, 7) is 4.30. The first-order valence-corrected chi connectivity index (χ1v) is 7.96. The van der Waals surface area contributed by atoms with E-state index in [0.717, 1.165) is 5.56 Å². The summed E-state index contributed by atoms with van der Waals surface area (Å²) < 4.78 is 31.3. The maximum Gasteiger partial charge on any atom is 0.260 e. The summed E-state index contributed by atoms with van der Waals surface area (Å²) in [6.07, 6.45) is 1.48. The van der Waals surface area contributed by atoms with Crippen molar-refractivity contribution in [2.24, 2.45) is 0 Å². The fourth-order valence-corrected chi connectivity index (χ4v) is 3.50. The number of alkyl halides is 1. The molecule has 0 saturated carbocycles. The van der Waals surface area contributed by atoms with Crippen molar-refractivity contribution in [2.45, 2.75) is 30.8 Å². The van der Waals surface area contributed by atoms with Gasteiger partial charge in [-0.1, -0.05) is 13.0 Å². The number of aromatic nitrogens is 1. The standard InChI is InChI=1S/C12H19ClN2O3S/c1-4-15(10(2)9-18-3)19(16,17)12-6-5-11(7-13)8-14-12/h5-6,8,10H,4,7,9H2,1-3H3. The van der Waals surface area contributed by atoms with E-state index in [2.05, 4.69) is 4.98 Å². The monoisotopic (exact) mass is 306 g/mol. The maximum atomic E-state index is 12.5. The highest BCUT2D eigenvalue weighted by Crippen LogP contribution is 2.17. The molecule has 0 saturated heterocycles. The molecule has 0 N–H and O–H groups in total.